The largest absolute Gasteiger partial charge is 0.342 e. The first-order valence-corrected chi connectivity index (χ1v) is 9.22. The number of hydrogen-bond donors (Lipinski definition) is 0. The monoisotopic (exact) mass is 341 g/mol. The van der Waals surface area contributed by atoms with Crippen LogP contribution in [0.1, 0.15) is 24.6 Å². The van der Waals surface area contributed by atoms with Gasteiger partial charge in [-0.15, -0.1) is 11.3 Å². The van der Waals surface area contributed by atoms with Crippen LogP contribution in [-0.4, -0.2) is 39.6 Å². The zero-order valence-electron chi connectivity index (χ0n) is 11.8. The number of aryl methyl sites for hydroxylation is 1. The summed E-state index contributed by atoms with van der Waals surface area (Å²) in [5.41, 5.74) is 0. The molecule has 0 atom stereocenters. The molecule has 21 heavy (non-hydrogen) atoms. The lowest BCUT2D eigenvalue weighted by atomic mass is 10.3. The maximum atomic E-state index is 12.0. The molecule has 1 amide bonds. The van der Waals surface area contributed by atoms with Gasteiger partial charge < -0.3 is 4.90 Å². The normalized spacial score (nSPS) is 15.0. The molecule has 0 radical (unpaired) electrons. The number of amides is 1. The predicted octanol–water partition coefficient (Wildman–Crippen LogP) is 3.62. The van der Waals surface area contributed by atoms with Crippen LogP contribution in [0, 0.1) is 0 Å². The number of thiophene rings is 1. The van der Waals surface area contributed by atoms with E-state index in [1.165, 1.54) is 16.6 Å². The average molecular weight is 342 g/mol. The Balaban J connectivity index is 1.73. The van der Waals surface area contributed by atoms with E-state index in [-0.39, 0.29) is 5.91 Å². The molecule has 3 rings (SSSR count). The van der Waals surface area contributed by atoms with Crippen molar-refractivity contribution < 1.29 is 4.79 Å². The number of halogens is 1. The molecule has 0 spiro atoms. The van der Waals surface area contributed by atoms with Crippen molar-refractivity contribution in [3.8, 4) is 0 Å². The van der Waals surface area contributed by atoms with Gasteiger partial charge in [0.25, 0.3) is 0 Å². The molecule has 112 valence electrons. The Morgan fingerprint density at radius 3 is 2.90 bits per heavy atom. The van der Waals surface area contributed by atoms with Crippen molar-refractivity contribution in [1.29, 1.82) is 0 Å². The smallest absolute Gasteiger partial charge is 0.233 e. The van der Waals surface area contributed by atoms with E-state index >= 15 is 0 Å². The molecule has 0 saturated carbocycles. The van der Waals surface area contributed by atoms with Gasteiger partial charge in [-0.05, 0) is 25.3 Å². The van der Waals surface area contributed by atoms with E-state index in [2.05, 4.69) is 16.9 Å². The van der Waals surface area contributed by atoms with Crippen LogP contribution >= 0.6 is 34.7 Å². The highest BCUT2D eigenvalue weighted by molar-refractivity contribution is 7.99. The number of carbonyl (C=O) groups is 1. The third kappa shape index (κ3) is 3.33. The summed E-state index contributed by atoms with van der Waals surface area (Å²) in [5, 5.41) is 1.98. The fourth-order valence-electron chi connectivity index (χ4n) is 2.34. The second-order valence-corrected chi connectivity index (χ2v) is 7.37. The summed E-state index contributed by atoms with van der Waals surface area (Å²) < 4.78 is 0. The molecule has 0 aliphatic carbocycles. The van der Waals surface area contributed by atoms with Crippen LogP contribution in [0.25, 0.3) is 10.2 Å². The maximum absolute atomic E-state index is 12.0. The fourth-order valence-corrected chi connectivity index (χ4v) is 4.44. The van der Waals surface area contributed by atoms with Crippen molar-refractivity contribution in [2.75, 3.05) is 18.8 Å². The van der Waals surface area contributed by atoms with Gasteiger partial charge in [0.2, 0.25) is 5.91 Å². The summed E-state index contributed by atoms with van der Waals surface area (Å²) in [4.78, 5) is 24.9. The van der Waals surface area contributed by atoms with E-state index in [4.69, 9.17) is 11.6 Å². The zero-order valence-corrected chi connectivity index (χ0v) is 14.2. The van der Waals surface area contributed by atoms with E-state index in [0.717, 1.165) is 42.6 Å². The fraction of sp³-hybridized carbons (Fsp3) is 0.500. The third-order valence-corrected chi connectivity index (χ3v) is 5.80. The number of nitrogens with zero attached hydrogens (tertiary/aromatic N) is 3. The minimum absolute atomic E-state index is 0.165. The summed E-state index contributed by atoms with van der Waals surface area (Å²) in [6.45, 7) is 3.87. The number of likely N-dealkylation sites (tertiary alicyclic amines) is 1. The van der Waals surface area contributed by atoms with Crippen LogP contribution in [0.15, 0.2) is 11.2 Å². The van der Waals surface area contributed by atoms with Crippen LogP contribution in [0.3, 0.4) is 0 Å². The lowest BCUT2D eigenvalue weighted by Gasteiger charge is -2.14. The Hall–Kier alpha value is -0.850. The molecule has 4 nitrogen and oxygen atoms in total. The molecule has 2 aromatic rings. The number of thioether (sulfide) groups is 1. The highest BCUT2D eigenvalue weighted by Gasteiger charge is 2.18. The number of hydrogen-bond acceptors (Lipinski definition) is 5. The van der Waals surface area contributed by atoms with Crippen LogP contribution in [0.5, 0.6) is 0 Å². The Kier molecular flexibility index (Phi) is 4.66. The van der Waals surface area contributed by atoms with Gasteiger partial charge in [0.1, 0.15) is 9.98 Å². The molecule has 0 aromatic carbocycles. The second-order valence-electron chi connectivity index (χ2n) is 4.96. The summed E-state index contributed by atoms with van der Waals surface area (Å²) in [6, 6.07) is 2.05. The van der Waals surface area contributed by atoms with E-state index in [0.29, 0.717) is 16.1 Å². The van der Waals surface area contributed by atoms with E-state index < -0.39 is 0 Å². The van der Waals surface area contributed by atoms with Gasteiger partial charge in [-0.1, -0.05) is 30.3 Å². The molecule has 1 saturated heterocycles. The Bertz CT molecular complexity index is 668. The predicted molar refractivity (Wildman–Crippen MR) is 88.3 cm³/mol. The summed E-state index contributed by atoms with van der Waals surface area (Å²) >= 11 is 9.23. The molecule has 2 aromatic heterocycles. The molecular formula is C14H16ClN3OS2. The summed E-state index contributed by atoms with van der Waals surface area (Å²) in [7, 11) is 0. The molecular weight excluding hydrogens is 326 g/mol. The number of carbonyl (C=O) groups excluding carboxylic acids is 1. The van der Waals surface area contributed by atoms with Gasteiger partial charge in [-0.2, -0.15) is 0 Å². The number of aromatic nitrogens is 2. The molecule has 3 heterocycles. The SMILES string of the molecule is CCc1cc2c(Cl)nc(SCC(=O)N3CCCC3)nc2s1. The van der Waals surface area contributed by atoms with E-state index in [1.807, 2.05) is 11.0 Å². The van der Waals surface area contributed by atoms with Crippen LogP contribution in [0.4, 0.5) is 0 Å². The van der Waals surface area contributed by atoms with Crippen molar-refractivity contribution in [3.05, 3.63) is 16.1 Å². The minimum Gasteiger partial charge on any atom is -0.342 e. The van der Waals surface area contributed by atoms with Crippen LogP contribution < -0.4 is 0 Å². The maximum Gasteiger partial charge on any atom is 0.233 e. The number of rotatable bonds is 4. The molecule has 1 fully saturated rings. The molecule has 7 heteroatoms. The van der Waals surface area contributed by atoms with Gasteiger partial charge in [0, 0.05) is 23.4 Å². The first-order valence-electron chi connectivity index (χ1n) is 7.04. The first kappa shape index (κ1) is 15.1. The number of fused-ring (bicyclic) bond motifs is 1. The second kappa shape index (κ2) is 6.50. The highest BCUT2D eigenvalue weighted by atomic mass is 35.5. The summed E-state index contributed by atoms with van der Waals surface area (Å²) in [6.07, 6.45) is 3.19. The molecule has 0 unspecified atom stereocenters. The van der Waals surface area contributed by atoms with Gasteiger partial charge in [0.05, 0.1) is 5.75 Å². The highest BCUT2D eigenvalue weighted by Crippen LogP contribution is 2.31. The molecule has 0 N–H and O–H groups in total. The molecule has 1 aliphatic heterocycles. The van der Waals surface area contributed by atoms with Crippen molar-refractivity contribution in [2.45, 2.75) is 31.3 Å². The first-order chi connectivity index (χ1) is 10.2. The molecule has 1 aliphatic rings. The van der Waals surface area contributed by atoms with E-state index in [1.54, 1.807) is 11.3 Å². The van der Waals surface area contributed by atoms with Crippen LogP contribution in [0.2, 0.25) is 5.15 Å². The van der Waals surface area contributed by atoms with E-state index in [9.17, 15) is 4.79 Å². The Morgan fingerprint density at radius 1 is 1.43 bits per heavy atom. The Labute approximate surface area is 136 Å². The quantitative estimate of drug-likeness (QED) is 0.484. The van der Waals surface area contributed by atoms with Crippen molar-refractivity contribution in [1.82, 2.24) is 14.9 Å². The van der Waals surface area contributed by atoms with Gasteiger partial charge in [-0.3, -0.25) is 4.79 Å². The van der Waals surface area contributed by atoms with Crippen molar-refractivity contribution in [2.24, 2.45) is 0 Å². The summed E-state index contributed by atoms with van der Waals surface area (Å²) in [5.74, 6) is 0.547. The molecule has 0 bridgehead atoms. The average Bonchev–Trinajstić information content (AvgIpc) is 3.13. The third-order valence-electron chi connectivity index (χ3n) is 3.51. The van der Waals surface area contributed by atoms with Crippen molar-refractivity contribution >= 4 is 50.8 Å². The standard InChI is InChI=1S/C14H16ClN3OS2/c1-2-9-7-10-12(15)16-14(17-13(10)21-9)20-8-11(19)18-5-3-4-6-18/h7H,2-6,8H2,1H3. The zero-order chi connectivity index (χ0) is 14.8. The lowest BCUT2D eigenvalue weighted by molar-refractivity contribution is -0.127. The van der Waals surface area contributed by atoms with Crippen molar-refractivity contribution in [3.63, 3.8) is 0 Å². The van der Waals surface area contributed by atoms with Gasteiger partial charge in [-0.25, -0.2) is 9.97 Å². The lowest BCUT2D eigenvalue weighted by Crippen LogP contribution is -2.29. The van der Waals surface area contributed by atoms with Crippen LogP contribution in [-0.2, 0) is 11.2 Å². The Morgan fingerprint density at radius 2 is 2.19 bits per heavy atom. The minimum atomic E-state index is 0.165. The van der Waals surface area contributed by atoms with Gasteiger partial charge >= 0.3 is 0 Å². The van der Waals surface area contributed by atoms with Gasteiger partial charge in [0.15, 0.2) is 5.16 Å². The topological polar surface area (TPSA) is 46.1 Å².